The Labute approximate surface area is 190 Å². The molecule has 0 saturated heterocycles. The van der Waals surface area contributed by atoms with Crippen molar-refractivity contribution in [2.45, 2.75) is 84.0 Å². The average Bonchev–Trinajstić information content (AvgIpc) is 2.48. The predicted molar refractivity (Wildman–Crippen MR) is 100 cm³/mol. The molecule has 1 aromatic rings. The van der Waals surface area contributed by atoms with E-state index < -0.39 is 26.8 Å². The summed E-state index contributed by atoms with van der Waals surface area (Å²) in [6.45, 7) is 12.1. The van der Waals surface area contributed by atoms with Crippen LogP contribution in [0.1, 0.15) is 65.6 Å². The van der Waals surface area contributed by atoms with Gasteiger partial charge in [0.2, 0.25) is 0 Å². The summed E-state index contributed by atoms with van der Waals surface area (Å²) in [5.41, 5.74) is 0.781. The molecule has 1 unspecified atom stereocenters. The molecule has 28 heavy (non-hydrogen) atoms. The van der Waals surface area contributed by atoms with E-state index in [4.69, 9.17) is 4.74 Å². The number of aromatic nitrogens is 1. The number of rotatable bonds is 3. The molecule has 2 rings (SSSR count). The molecule has 0 aromatic carbocycles. The standard InChI is InChI=1S/C19H30N2O5S.Na/c1-18(2,3)10-9-14-11-15-13(7-8-16(20-15)27(23,24)25)12-21(14)17(22)26-19(4,5)6;/h7-8,14H,9-12H2,1-6H3,(H,23,24,25);/q;+1/p-1. The van der Waals surface area contributed by atoms with E-state index in [2.05, 4.69) is 25.8 Å². The molecule has 0 N–H and O–H groups in total. The maximum atomic E-state index is 12.7. The van der Waals surface area contributed by atoms with Crippen LogP contribution in [0.25, 0.3) is 0 Å². The summed E-state index contributed by atoms with van der Waals surface area (Å²) in [6, 6.07) is 2.60. The van der Waals surface area contributed by atoms with Crippen molar-refractivity contribution in [1.29, 1.82) is 0 Å². The molecule has 0 fully saturated rings. The van der Waals surface area contributed by atoms with Gasteiger partial charge in [-0.3, -0.25) is 0 Å². The van der Waals surface area contributed by atoms with Gasteiger partial charge in [0.15, 0.2) is 0 Å². The molecule has 0 radical (unpaired) electrons. The van der Waals surface area contributed by atoms with E-state index in [0.717, 1.165) is 18.4 Å². The fourth-order valence-corrected chi connectivity index (χ4v) is 3.46. The van der Waals surface area contributed by atoms with E-state index in [1.54, 1.807) is 11.0 Å². The molecular weight excluding hydrogens is 391 g/mol. The Morgan fingerprint density at radius 3 is 2.36 bits per heavy atom. The Kier molecular flexibility index (Phi) is 8.15. The average molecular weight is 421 g/mol. The zero-order valence-electron chi connectivity index (χ0n) is 17.9. The van der Waals surface area contributed by atoms with Crippen LogP contribution < -0.4 is 29.6 Å². The Morgan fingerprint density at radius 2 is 1.86 bits per heavy atom. The number of carbonyl (C=O) groups is 1. The molecule has 152 valence electrons. The largest absolute Gasteiger partial charge is 1.00 e. The van der Waals surface area contributed by atoms with Crippen LogP contribution in [0.4, 0.5) is 4.79 Å². The van der Waals surface area contributed by atoms with Crippen molar-refractivity contribution >= 4 is 16.2 Å². The van der Waals surface area contributed by atoms with Gasteiger partial charge in [-0.2, -0.15) is 0 Å². The van der Waals surface area contributed by atoms with Gasteiger partial charge in [0, 0.05) is 18.2 Å². The number of hydrogen-bond donors (Lipinski definition) is 0. The van der Waals surface area contributed by atoms with Crippen LogP contribution in [0.3, 0.4) is 0 Å². The summed E-state index contributed by atoms with van der Waals surface area (Å²) in [7, 11) is -4.61. The van der Waals surface area contributed by atoms with Gasteiger partial charge in [-0.15, -0.1) is 0 Å². The summed E-state index contributed by atoms with van der Waals surface area (Å²) < 4.78 is 39.4. The first-order valence-electron chi connectivity index (χ1n) is 9.10. The first kappa shape index (κ1) is 25.4. The van der Waals surface area contributed by atoms with Crippen LogP contribution >= 0.6 is 0 Å². The molecule has 0 saturated carbocycles. The van der Waals surface area contributed by atoms with Crippen LogP contribution in [0.15, 0.2) is 17.2 Å². The number of carbonyl (C=O) groups excluding carboxylic acids is 1. The molecule has 1 aliphatic rings. The number of pyridine rings is 1. The summed E-state index contributed by atoms with van der Waals surface area (Å²) in [5, 5.41) is -0.471. The van der Waals surface area contributed by atoms with Crippen molar-refractivity contribution in [2.24, 2.45) is 5.41 Å². The van der Waals surface area contributed by atoms with E-state index in [-0.39, 0.29) is 47.6 Å². The van der Waals surface area contributed by atoms with Crippen molar-refractivity contribution in [3.8, 4) is 0 Å². The first-order valence-corrected chi connectivity index (χ1v) is 10.5. The van der Waals surface area contributed by atoms with Crippen molar-refractivity contribution in [2.75, 3.05) is 0 Å². The third kappa shape index (κ3) is 7.30. The Balaban J connectivity index is 0.00000392. The van der Waals surface area contributed by atoms with E-state index in [1.807, 2.05) is 20.8 Å². The molecule has 0 aliphatic carbocycles. The Morgan fingerprint density at radius 1 is 1.25 bits per heavy atom. The predicted octanol–water partition coefficient (Wildman–Crippen LogP) is 0.478. The zero-order valence-corrected chi connectivity index (χ0v) is 20.7. The second-order valence-electron chi connectivity index (χ2n) is 9.27. The second-order valence-corrected chi connectivity index (χ2v) is 10.6. The molecule has 1 atom stereocenters. The minimum atomic E-state index is -4.61. The Bertz CT molecular complexity index is 813. The second kappa shape index (κ2) is 9.00. The van der Waals surface area contributed by atoms with Gasteiger partial charge in [0.05, 0.1) is 6.54 Å². The number of fused-ring (bicyclic) bond motifs is 1. The monoisotopic (exact) mass is 420 g/mol. The summed E-state index contributed by atoms with van der Waals surface area (Å²) in [5.74, 6) is 0. The van der Waals surface area contributed by atoms with Gasteiger partial charge < -0.3 is 14.2 Å². The molecule has 0 spiro atoms. The number of hydrogen-bond acceptors (Lipinski definition) is 6. The van der Waals surface area contributed by atoms with Crippen LogP contribution in [-0.4, -0.2) is 40.6 Å². The smallest absolute Gasteiger partial charge is 0.743 e. The number of ether oxygens (including phenoxy) is 1. The molecule has 1 amide bonds. The van der Waals surface area contributed by atoms with E-state index in [9.17, 15) is 17.8 Å². The number of nitrogens with zero attached hydrogens (tertiary/aromatic N) is 2. The molecule has 9 heteroatoms. The molecular formula is C19H29N2NaO5S. The SMILES string of the molecule is CC(C)(C)CCC1Cc2nc(S(=O)(=O)[O-])ccc2CN1C(=O)OC(C)(C)C.[Na+]. The summed E-state index contributed by atoms with van der Waals surface area (Å²) in [4.78, 5) is 18.5. The molecule has 0 bridgehead atoms. The molecule has 1 aliphatic heterocycles. The summed E-state index contributed by atoms with van der Waals surface area (Å²) >= 11 is 0. The zero-order chi connectivity index (χ0) is 20.6. The molecule has 7 nitrogen and oxygen atoms in total. The molecule has 2 heterocycles. The minimum Gasteiger partial charge on any atom is -0.743 e. The van der Waals surface area contributed by atoms with Crippen molar-refractivity contribution < 1.29 is 52.1 Å². The van der Waals surface area contributed by atoms with Crippen LogP contribution in [0.5, 0.6) is 0 Å². The van der Waals surface area contributed by atoms with E-state index in [1.165, 1.54) is 6.07 Å². The van der Waals surface area contributed by atoms with Crippen molar-refractivity contribution in [3.63, 3.8) is 0 Å². The third-order valence-corrected chi connectivity index (χ3v) is 5.10. The van der Waals surface area contributed by atoms with Gasteiger partial charge >= 0.3 is 35.7 Å². The fraction of sp³-hybridized carbons (Fsp3) is 0.684. The van der Waals surface area contributed by atoms with Gasteiger partial charge in [0.25, 0.3) is 0 Å². The third-order valence-electron chi connectivity index (χ3n) is 4.37. The van der Waals surface area contributed by atoms with Crippen LogP contribution in [0.2, 0.25) is 0 Å². The van der Waals surface area contributed by atoms with Crippen molar-refractivity contribution in [1.82, 2.24) is 9.88 Å². The maximum absolute atomic E-state index is 12.7. The number of amides is 1. The van der Waals surface area contributed by atoms with E-state index >= 15 is 0 Å². The normalized spacial score (nSPS) is 17.5. The quantitative estimate of drug-likeness (QED) is 0.521. The van der Waals surface area contributed by atoms with Gasteiger partial charge in [-0.05, 0) is 50.7 Å². The first-order chi connectivity index (χ1) is 12.2. The minimum absolute atomic E-state index is 0. The topological polar surface area (TPSA) is 99.6 Å². The maximum Gasteiger partial charge on any atom is 1.00 e. The van der Waals surface area contributed by atoms with Gasteiger partial charge in [-0.25, -0.2) is 18.2 Å². The van der Waals surface area contributed by atoms with Crippen LogP contribution in [-0.2, 0) is 27.8 Å². The van der Waals surface area contributed by atoms with Crippen LogP contribution in [0, 0.1) is 5.41 Å². The van der Waals surface area contributed by atoms with E-state index in [0.29, 0.717) is 12.1 Å². The molecule has 1 aromatic heterocycles. The van der Waals surface area contributed by atoms with Crippen molar-refractivity contribution in [3.05, 3.63) is 23.4 Å². The Hall–Kier alpha value is -0.670. The van der Waals surface area contributed by atoms with Gasteiger partial charge in [-0.1, -0.05) is 26.8 Å². The van der Waals surface area contributed by atoms with Gasteiger partial charge in [0.1, 0.15) is 20.7 Å². The summed E-state index contributed by atoms with van der Waals surface area (Å²) in [6.07, 6.45) is 1.62. The fourth-order valence-electron chi connectivity index (χ4n) is 3.01.